The summed E-state index contributed by atoms with van der Waals surface area (Å²) in [6, 6.07) is -0.000390. The molecule has 10 nitrogen and oxygen atoms in total. The van der Waals surface area contributed by atoms with E-state index in [2.05, 4.69) is 34.5 Å². The van der Waals surface area contributed by atoms with E-state index in [-0.39, 0.29) is 45.4 Å². The molecule has 3 N–H and O–H groups in total. The second-order valence-electron chi connectivity index (χ2n) is 11.7. The average molecular weight is 600 g/mol. The van der Waals surface area contributed by atoms with E-state index in [0.717, 1.165) is 57.8 Å². The van der Waals surface area contributed by atoms with Crippen molar-refractivity contribution < 1.29 is 40.2 Å². The second-order valence-corrected chi connectivity index (χ2v) is 17.4. The Kier molecular flexibility index (Phi) is 8.61. The molecule has 0 aromatic heterocycles. The lowest BCUT2D eigenvalue weighted by molar-refractivity contribution is -0.163. The topological polar surface area (TPSA) is 156 Å². The second kappa shape index (κ2) is 10.8. The minimum Gasteiger partial charge on any atom is -0.461 e. The third-order valence-corrected chi connectivity index (χ3v) is 12.5. The molecule has 3 unspecified atom stereocenters. The zero-order valence-corrected chi connectivity index (χ0v) is 24.4. The van der Waals surface area contributed by atoms with Crippen LogP contribution in [0, 0.1) is 34.5 Å². The third-order valence-electron chi connectivity index (χ3n) is 9.92. The van der Waals surface area contributed by atoms with Gasteiger partial charge in [-0.25, -0.2) is 4.79 Å². The molecule has 1 amide bonds. The summed E-state index contributed by atoms with van der Waals surface area (Å²) in [4.78, 5) is 24.5. The first kappa shape index (κ1) is 29.5. The Morgan fingerprint density at radius 2 is 1.68 bits per heavy atom. The van der Waals surface area contributed by atoms with E-state index in [1.807, 2.05) is 0 Å². The summed E-state index contributed by atoms with van der Waals surface area (Å²) in [6.45, 7) is 4.02. The first-order valence-corrected chi connectivity index (χ1v) is 18.1. The molecular weight excluding hydrogens is 563 g/mol. The highest BCUT2D eigenvalue weighted by Gasteiger charge is 2.60. The molecule has 4 fully saturated rings. The number of hydrogen-bond acceptors (Lipinski definition) is 9. The van der Waals surface area contributed by atoms with Crippen molar-refractivity contribution in [1.29, 1.82) is 0 Å². The van der Waals surface area contributed by atoms with Crippen molar-refractivity contribution >= 4 is 52.1 Å². The Hall–Kier alpha value is -0.510. The van der Waals surface area contributed by atoms with E-state index in [1.54, 1.807) is 0 Å². The molecule has 37 heavy (non-hydrogen) atoms. The fourth-order valence-electron chi connectivity index (χ4n) is 8.27. The molecule has 14 heteroatoms. The summed E-state index contributed by atoms with van der Waals surface area (Å²) >= 11 is 4.25. The number of nitrogens with one attached hydrogen (secondary N) is 1. The van der Waals surface area contributed by atoms with Gasteiger partial charge in [0, 0.05) is 28.0 Å². The van der Waals surface area contributed by atoms with E-state index in [0.29, 0.717) is 23.7 Å². The molecule has 4 aliphatic carbocycles. The van der Waals surface area contributed by atoms with Crippen LogP contribution in [0.15, 0.2) is 0 Å². The summed E-state index contributed by atoms with van der Waals surface area (Å²) in [7, 11) is -7.87. The van der Waals surface area contributed by atoms with Gasteiger partial charge in [0.1, 0.15) is 6.10 Å². The van der Waals surface area contributed by atoms with Crippen molar-refractivity contribution in [2.75, 3.05) is 12.4 Å². The van der Waals surface area contributed by atoms with Crippen LogP contribution in [0.1, 0.15) is 71.6 Å². The van der Waals surface area contributed by atoms with Crippen molar-refractivity contribution in [2.45, 2.75) is 83.8 Å². The first-order chi connectivity index (χ1) is 17.1. The van der Waals surface area contributed by atoms with Gasteiger partial charge in [0.2, 0.25) is 5.91 Å². The van der Waals surface area contributed by atoms with Gasteiger partial charge in [-0.2, -0.15) is 12.6 Å². The van der Waals surface area contributed by atoms with Crippen LogP contribution < -0.4 is 5.32 Å². The zero-order chi connectivity index (χ0) is 27.2. The van der Waals surface area contributed by atoms with Crippen LogP contribution in [-0.4, -0.2) is 58.1 Å². The molecule has 0 aromatic carbocycles. The maximum atomic E-state index is 12.4. The molecule has 0 radical (unpaired) electrons. The van der Waals surface area contributed by atoms with Crippen LogP contribution in [0.25, 0.3) is 0 Å². The number of fused-ring (bicyclic) bond motifs is 5. The van der Waals surface area contributed by atoms with Gasteiger partial charge in [0.15, 0.2) is 6.61 Å². The normalized spacial score (nSPS) is 41.0. The van der Waals surface area contributed by atoms with Crippen molar-refractivity contribution in [3.8, 4) is 0 Å². The van der Waals surface area contributed by atoms with E-state index < -0.39 is 30.8 Å². The fraction of sp³-hybridized carbons (Fsp3) is 0.913. The molecule has 212 valence electrons. The Morgan fingerprint density at radius 1 is 1.00 bits per heavy atom. The molecule has 0 saturated heterocycles. The van der Waals surface area contributed by atoms with Crippen molar-refractivity contribution in [3.05, 3.63) is 0 Å². The van der Waals surface area contributed by atoms with E-state index in [1.165, 1.54) is 0 Å². The van der Waals surface area contributed by atoms with Gasteiger partial charge in [0.25, 0.3) is 9.05 Å². The monoisotopic (exact) mass is 599 g/mol. The Balaban J connectivity index is 1.36. The summed E-state index contributed by atoms with van der Waals surface area (Å²) in [5.74, 6) is 0.700. The van der Waals surface area contributed by atoms with Gasteiger partial charge >= 0.3 is 15.1 Å². The van der Waals surface area contributed by atoms with Crippen LogP contribution in [-0.2, 0) is 47.9 Å². The summed E-state index contributed by atoms with van der Waals surface area (Å²) in [5, 5.41) is 3.06. The standard InChI is InChI=1S/C23H37NO9S4/c1-22-9-7-15(33-21(26)12-32-37(30,31)34)11-14(22)3-4-16-17-5-6-19(23(17,2)10-8-18(16)22)24-20(25)13-35-36(27,28)29/h14-19H,3-13H2,1-2H3,(H,24,25)(H,27,28,29)(H,30,31,34)/t14-,15-,16?,17-,18?,19-,22-,23-/m0/s1. The number of hydrogen-bond donors (Lipinski definition) is 3. The number of ether oxygens (including phenoxy) is 1. The molecule has 4 aliphatic rings. The SMILES string of the molecule is C[C@]12CCC3C(CC[C@H]4C[C@@H](OC(=O)COS(=O)(O)=S)CC[C@]34C)[C@@H]1CC[C@@H]2NC(=O)CSS(=O)(=O)O. The highest BCUT2D eigenvalue weighted by atomic mass is 33.1. The van der Waals surface area contributed by atoms with Gasteiger partial charge in [-0.15, -0.1) is 0 Å². The zero-order valence-electron chi connectivity index (χ0n) is 21.1. The molecule has 0 bridgehead atoms. The predicted molar refractivity (Wildman–Crippen MR) is 142 cm³/mol. The molecule has 0 aromatic rings. The molecule has 9 atom stereocenters. The number of amides is 1. The van der Waals surface area contributed by atoms with E-state index in [9.17, 15) is 22.2 Å². The van der Waals surface area contributed by atoms with Crippen molar-refractivity contribution in [2.24, 2.45) is 34.5 Å². The number of carbonyl (C=O) groups is 2. The predicted octanol–water partition coefficient (Wildman–Crippen LogP) is 3.11. The van der Waals surface area contributed by atoms with Crippen LogP contribution >= 0.6 is 10.8 Å². The number of carbonyl (C=O) groups excluding carboxylic acids is 2. The van der Waals surface area contributed by atoms with Gasteiger partial charge in [-0.05, 0) is 92.3 Å². The van der Waals surface area contributed by atoms with Crippen LogP contribution in [0.4, 0.5) is 0 Å². The quantitative estimate of drug-likeness (QED) is 0.214. The molecule has 0 aliphatic heterocycles. The van der Waals surface area contributed by atoms with Crippen LogP contribution in [0.2, 0.25) is 0 Å². The van der Waals surface area contributed by atoms with E-state index in [4.69, 9.17) is 13.8 Å². The lowest BCUT2D eigenvalue weighted by Gasteiger charge is -2.61. The third kappa shape index (κ3) is 6.63. The molecule has 4 saturated carbocycles. The number of esters is 1. The maximum absolute atomic E-state index is 12.4. The van der Waals surface area contributed by atoms with Crippen molar-refractivity contribution in [3.63, 3.8) is 0 Å². The Bertz CT molecular complexity index is 1110. The average Bonchev–Trinajstić information content (AvgIpc) is 3.12. The summed E-state index contributed by atoms with van der Waals surface area (Å²) < 4.78 is 61.1. The summed E-state index contributed by atoms with van der Waals surface area (Å²) in [6.07, 6.45) is 8.36. The van der Waals surface area contributed by atoms with Gasteiger partial charge in [0.05, 0.1) is 5.75 Å². The first-order valence-electron chi connectivity index (χ1n) is 12.8. The lowest BCUT2D eigenvalue weighted by Crippen LogP contribution is -2.56. The molecule has 0 heterocycles. The fourth-order valence-corrected chi connectivity index (χ4v) is 9.77. The van der Waals surface area contributed by atoms with Crippen LogP contribution in [0.3, 0.4) is 0 Å². The van der Waals surface area contributed by atoms with Gasteiger partial charge in [-0.1, -0.05) is 13.8 Å². The van der Waals surface area contributed by atoms with Gasteiger partial charge < -0.3 is 10.1 Å². The number of rotatable bonds is 8. The van der Waals surface area contributed by atoms with Crippen molar-refractivity contribution in [1.82, 2.24) is 5.32 Å². The largest absolute Gasteiger partial charge is 0.461 e. The molecule has 4 rings (SSSR count). The smallest absolute Gasteiger partial charge is 0.333 e. The minimum atomic E-state index is -4.25. The van der Waals surface area contributed by atoms with Crippen LogP contribution in [0.5, 0.6) is 0 Å². The minimum absolute atomic E-state index is 0.000390. The Labute approximate surface area is 227 Å². The lowest BCUT2D eigenvalue weighted by atomic mass is 9.45. The molecule has 0 spiro atoms. The summed E-state index contributed by atoms with van der Waals surface area (Å²) in [5.41, 5.74) is 0.114. The maximum Gasteiger partial charge on any atom is 0.333 e. The van der Waals surface area contributed by atoms with E-state index >= 15 is 0 Å². The highest BCUT2D eigenvalue weighted by Crippen LogP contribution is 2.66. The Morgan fingerprint density at radius 3 is 2.35 bits per heavy atom. The van der Waals surface area contributed by atoms with Gasteiger partial charge in [-0.3, -0.25) is 18.1 Å². The molecular formula is C23H37NO9S4. The highest BCUT2D eigenvalue weighted by molar-refractivity contribution is 8.70.